The molecule has 1 aliphatic rings. The van der Waals surface area contributed by atoms with E-state index in [0.29, 0.717) is 19.4 Å². The molecule has 0 bridgehead atoms. The second kappa shape index (κ2) is 5.08. The summed E-state index contributed by atoms with van der Waals surface area (Å²) in [5.41, 5.74) is 4.80. The summed E-state index contributed by atoms with van der Waals surface area (Å²) in [4.78, 5) is 2.16. The molecule has 0 aromatic carbocycles. The largest absolute Gasteiger partial charge is 0.328 e. The molecular formula is C11H23FN2. The van der Waals surface area contributed by atoms with E-state index in [2.05, 4.69) is 18.7 Å². The number of alkyl halides is 1. The minimum atomic E-state index is -0.970. The Labute approximate surface area is 86.6 Å². The van der Waals surface area contributed by atoms with Gasteiger partial charge in [0, 0.05) is 12.6 Å². The highest BCUT2D eigenvalue weighted by atomic mass is 19.1. The van der Waals surface area contributed by atoms with E-state index in [4.69, 9.17) is 5.73 Å². The van der Waals surface area contributed by atoms with Crippen LogP contribution in [0.5, 0.6) is 0 Å². The van der Waals surface area contributed by atoms with Gasteiger partial charge in [-0.05, 0) is 38.8 Å². The van der Waals surface area contributed by atoms with Gasteiger partial charge >= 0.3 is 0 Å². The third-order valence-electron chi connectivity index (χ3n) is 3.33. The summed E-state index contributed by atoms with van der Waals surface area (Å²) < 4.78 is 14.3. The first kappa shape index (κ1) is 11.9. The highest BCUT2D eigenvalue weighted by Crippen LogP contribution is 2.31. The highest BCUT2D eigenvalue weighted by molar-refractivity contribution is 4.89. The summed E-state index contributed by atoms with van der Waals surface area (Å²) in [7, 11) is 0. The van der Waals surface area contributed by atoms with Gasteiger partial charge in [-0.3, -0.25) is 0 Å². The predicted molar refractivity (Wildman–Crippen MR) is 58.1 cm³/mol. The number of hydrogen-bond acceptors (Lipinski definition) is 2. The van der Waals surface area contributed by atoms with Crippen LogP contribution < -0.4 is 5.73 Å². The molecule has 0 aromatic heterocycles. The topological polar surface area (TPSA) is 29.3 Å². The normalized spacial score (nSPS) is 33.6. The number of nitrogens with zero attached hydrogens (tertiary/aromatic N) is 1. The molecule has 1 saturated carbocycles. The molecule has 0 saturated heterocycles. The maximum atomic E-state index is 14.3. The molecule has 1 rings (SSSR count). The number of halogens is 1. The van der Waals surface area contributed by atoms with E-state index in [-0.39, 0.29) is 6.04 Å². The average molecular weight is 202 g/mol. The van der Waals surface area contributed by atoms with E-state index in [1.165, 1.54) is 0 Å². The zero-order chi connectivity index (χ0) is 10.6. The molecule has 1 aliphatic carbocycles. The molecule has 2 nitrogen and oxygen atoms in total. The van der Waals surface area contributed by atoms with E-state index in [1.807, 2.05) is 0 Å². The van der Waals surface area contributed by atoms with Crippen LogP contribution in [0.2, 0.25) is 0 Å². The number of nitrogens with two attached hydrogens (primary N) is 1. The van der Waals surface area contributed by atoms with Crippen LogP contribution in [0.4, 0.5) is 4.39 Å². The van der Waals surface area contributed by atoms with Crippen molar-refractivity contribution in [2.24, 2.45) is 5.73 Å². The highest BCUT2D eigenvalue weighted by Gasteiger charge is 2.35. The maximum Gasteiger partial charge on any atom is 0.123 e. The summed E-state index contributed by atoms with van der Waals surface area (Å²) >= 11 is 0. The zero-order valence-corrected chi connectivity index (χ0v) is 9.43. The van der Waals surface area contributed by atoms with Gasteiger partial charge in [0.15, 0.2) is 0 Å². The van der Waals surface area contributed by atoms with Crippen LogP contribution in [-0.4, -0.2) is 36.2 Å². The van der Waals surface area contributed by atoms with Gasteiger partial charge in [0.05, 0.1) is 0 Å². The van der Waals surface area contributed by atoms with Crippen LogP contribution >= 0.6 is 0 Å². The Morgan fingerprint density at radius 3 is 2.21 bits per heavy atom. The third kappa shape index (κ3) is 3.21. The lowest BCUT2D eigenvalue weighted by Gasteiger charge is -2.36. The van der Waals surface area contributed by atoms with Gasteiger partial charge in [-0.25, -0.2) is 4.39 Å². The first-order chi connectivity index (χ1) is 6.59. The molecule has 84 valence electrons. The maximum absolute atomic E-state index is 14.3. The summed E-state index contributed by atoms with van der Waals surface area (Å²) in [6.07, 6.45) is 2.98. The fraction of sp³-hybridized carbons (Fsp3) is 1.00. The second-order valence-corrected chi connectivity index (χ2v) is 4.45. The van der Waals surface area contributed by atoms with E-state index in [9.17, 15) is 4.39 Å². The molecule has 1 fully saturated rings. The summed E-state index contributed by atoms with van der Waals surface area (Å²) in [5, 5.41) is 0. The lowest BCUT2D eigenvalue weighted by atomic mass is 9.83. The summed E-state index contributed by atoms with van der Waals surface area (Å²) in [6, 6.07) is 0.232. The predicted octanol–water partition coefficient (Wildman–Crippen LogP) is 1.94. The van der Waals surface area contributed by atoms with Crippen LogP contribution in [0.1, 0.15) is 39.5 Å². The molecule has 0 aromatic rings. The number of rotatable bonds is 4. The van der Waals surface area contributed by atoms with Crippen LogP contribution in [0.25, 0.3) is 0 Å². The Morgan fingerprint density at radius 1 is 1.29 bits per heavy atom. The Kier molecular flexibility index (Phi) is 4.32. The standard InChI is InChI=1S/C11H23FN2/c1-3-14(4-2)9-11(12)7-5-10(13)6-8-11/h10H,3-9,13H2,1-2H3. The molecule has 2 N–H and O–H groups in total. The fourth-order valence-electron chi connectivity index (χ4n) is 2.16. The zero-order valence-electron chi connectivity index (χ0n) is 9.43. The molecule has 0 radical (unpaired) electrons. The minimum absolute atomic E-state index is 0.232. The molecule has 0 unspecified atom stereocenters. The average Bonchev–Trinajstić information content (AvgIpc) is 2.20. The number of hydrogen-bond donors (Lipinski definition) is 1. The third-order valence-corrected chi connectivity index (χ3v) is 3.33. The van der Waals surface area contributed by atoms with Crippen molar-refractivity contribution >= 4 is 0 Å². The van der Waals surface area contributed by atoms with Gasteiger partial charge < -0.3 is 10.6 Å². The van der Waals surface area contributed by atoms with Gasteiger partial charge in [0.1, 0.15) is 5.67 Å². The smallest absolute Gasteiger partial charge is 0.123 e. The van der Waals surface area contributed by atoms with Crippen LogP contribution in [0.3, 0.4) is 0 Å². The quantitative estimate of drug-likeness (QED) is 0.755. The molecule has 0 aliphatic heterocycles. The molecule has 0 spiro atoms. The van der Waals surface area contributed by atoms with Crippen molar-refractivity contribution in [3.05, 3.63) is 0 Å². The van der Waals surface area contributed by atoms with Gasteiger partial charge in [-0.1, -0.05) is 13.8 Å². The van der Waals surface area contributed by atoms with Crippen molar-refractivity contribution in [2.45, 2.75) is 51.2 Å². The minimum Gasteiger partial charge on any atom is -0.328 e. The van der Waals surface area contributed by atoms with Crippen molar-refractivity contribution in [3.63, 3.8) is 0 Å². The Morgan fingerprint density at radius 2 is 1.79 bits per heavy atom. The Balaban J connectivity index is 2.41. The van der Waals surface area contributed by atoms with E-state index >= 15 is 0 Å². The molecule has 3 heteroatoms. The second-order valence-electron chi connectivity index (χ2n) is 4.45. The molecule has 0 atom stereocenters. The van der Waals surface area contributed by atoms with Gasteiger partial charge in [-0.15, -0.1) is 0 Å². The Hall–Kier alpha value is -0.150. The molecule has 0 amide bonds. The summed E-state index contributed by atoms with van der Waals surface area (Å²) in [5.74, 6) is 0. The first-order valence-corrected chi connectivity index (χ1v) is 5.76. The molecule has 0 heterocycles. The van der Waals surface area contributed by atoms with Crippen molar-refractivity contribution in [3.8, 4) is 0 Å². The van der Waals surface area contributed by atoms with Crippen molar-refractivity contribution in [1.29, 1.82) is 0 Å². The van der Waals surface area contributed by atoms with Crippen molar-refractivity contribution in [2.75, 3.05) is 19.6 Å². The molecular weight excluding hydrogens is 179 g/mol. The molecule has 14 heavy (non-hydrogen) atoms. The Bertz CT molecular complexity index is 161. The SMILES string of the molecule is CCN(CC)CC1(F)CCC(N)CC1. The van der Waals surface area contributed by atoms with Crippen molar-refractivity contribution in [1.82, 2.24) is 4.90 Å². The van der Waals surface area contributed by atoms with Crippen LogP contribution in [-0.2, 0) is 0 Å². The van der Waals surface area contributed by atoms with E-state index < -0.39 is 5.67 Å². The lowest BCUT2D eigenvalue weighted by molar-refractivity contribution is 0.0541. The summed E-state index contributed by atoms with van der Waals surface area (Å²) in [6.45, 7) is 6.64. The van der Waals surface area contributed by atoms with Gasteiger partial charge in [0.2, 0.25) is 0 Å². The van der Waals surface area contributed by atoms with Crippen LogP contribution in [0, 0.1) is 0 Å². The lowest BCUT2D eigenvalue weighted by Crippen LogP contribution is -2.44. The monoisotopic (exact) mass is 202 g/mol. The van der Waals surface area contributed by atoms with Crippen LogP contribution in [0.15, 0.2) is 0 Å². The van der Waals surface area contributed by atoms with E-state index in [1.54, 1.807) is 0 Å². The van der Waals surface area contributed by atoms with Gasteiger partial charge in [-0.2, -0.15) is 0 Å². The van der Waals surface area contributed by atoms with E-state index in [0.717, 1.165) is 25.9 Å². The first-order valence-electron chi connectivity index (χ1n) is 5.76. The van der Waals surface area contributed by atoms with Gasteiger partial charge in [0.25, 0.3) is 0 Å². The fourth-order valence-corrected chi connectivity index (χ4v) is 2.16. The van der Waals surface area contributed by atoms with Crippen molar-refractivity contribution < 1.29 is 4.39 Å².